The van der Waals surface area contributed by atoms with E-state index in [4.69, 9.17) is 4.52 Å². The van der Waals surface area contributed by atoms with Crippen LogP contribution in [0.4, 0.5) is 5.69 Å². The first-order chi connectivity index (χ1) is 12.1. The molecule has 25 heavy (non-hydrogen) atoms. The van der Waals surface area contributed by atoms with Gasteiger partial charge in [0.15, 0.2) is 5.69 Å². The Hall–Kier alpha value is -3.07. The van der Waals surface area contributed by atoms with Crippen molar-refractivity contribution in [2.75, 3.05) is 18.0 Å². The second-order valence-corrected chi connectivity index (χ2v) is 5.86. The van der Waals surface area contributed by atoms with Crippen molar-refractivity contribution in [2.45, 2.75) is 26.2 Å². The third kappa shape index (κ3) is 4.27. The molecule has 0 spiro atoms. The number of anilines is 1. The highest BCUT2D eigenvalue weighted by atomic mass is 16.5. The quantitative estimate of drug-likeness (QED) is 0.872. The van der Waals surface area contributed by atoms with Gasteiger partial charge in [-0.05, 0) is 44.0 Å². The minimum absolute atomic E-state index is 0.177. The number of aromatic nitrogens is 1. The maximum absolute atomic E-state index is 11.9. The maximum atomic E-state index is 11.9. The Morgan fingerprint density at radius 3 is 2.80 bits per heavy atom. The molecular formula is C19H19N3O3. The van der Waals surface area contributed by atoms with Gasteiger partial charge in [0, 0.05) is 30.3 Å². The fraction of sp³-hybridized carbons (Fsp3) is 0.316. The molecule has 1 aromatic carbocycles. The molecule has 1 aromatic heterocycles. The minimum atomic E-state index is -0.315. The lowest BCUT2D eigenvalue weighted by Gasteiger charge is -2.26. The number of nitrogens with zero attached hydrogens (tertiary/aromatic N) is 2. The smallest absolute Gasteiger partial charge is 0.274 e. The van der Waals surface area contributed by atoms with Crippen molar-refractivity contribution in [3.05, 3.63) is 47.3 Å². The van der Waals surface area contributed by atoms with Crippen molar-refractivity contribution in [1.29, 1.82) is 0 Å². The van der Waals surface area contributed by atoms with Crippen molar-refractivity contribution in [3.8, 4) is 11.8 Å². The summed E-state index contributed by atoms with van der Waals surface area (Å²) in [6, 6.07) is 9.15. The zero-order chi connectivity index (χ0) is 17.6. The summed E-state index contributed by atoms with van der Waals surface area (Å²) in [5, 5.41) is 6.31. The predicted octanol–water partition coefficient (Wildman–Crippen LogP) is 2.28. The van der Waals surface area contributed by atoms with Crippen LogP contribution in [0.1, 0.15) is 41.1 Å². The van der Waals surface area contributed by atoms with Gasteiger partial charge in [0.05, 0.1) is 6.54 Å². The summed E-state index contributed by atoms with van der Waals surface area (Å²) >= 11 is 0. The molecule has 2 heterocycles. The highest BCUT2D eigenvalue weighted by Gasteiger charge is 2.19. The molecule has 2 amide bonds. The van der Waals surface area contributed by atoms with Crippen molar-refractivity contribution >= 4 is 17.5 Å². The Morgan fingerprint density at radius 1 is 1.32 bits per heavy atom. The summed E-state index contributed by atoms with van der Waals surface area (Å²) in [4.78, 5) is 25.5. The first kappa shape index (κ1) is 16.8. The number of hydrogen-bond acceptors (Lipinski definition) is 4. The van der Waals surface area contributed by atoms with Crippen LogP contribution in [-0.4, -0.2) is 30.1 Å². The molecular weight excluding hydrogens is 318 g/mol. The number of amides is 2. The van der Waals surface area contributed by atoms with Crippen LogP contribution in [-0.2, 0) is 4.79 Å². The van der Waals surface area contributed by atoms with E-state index in [9.17, 15) is 9.59 Å². The number of aryl methyl sites for hydroxylation is 1. The second kappa shape index (κ2) is 7.67. The average Bonchev–Trinajstić information content (AvgIpc) is 3.06. The van der Waals surface area contributed by atoms with Gasteiger partial charge in [-0.3, -0.25) is 9.59 Å². The van der Waals surface area contributed by atoms with E-state index in [-0.39, 0.29) is 24.1 Å². The third-order valence-corrected chi connectivity index (χ3v) is 3.93. The number of piperidine rings is 1. The number of hydrogen-bond donors (Lipinski definition) is 1. The first-order valence-corrected chi connectivity index (χ1v) is 8.24. The number of carbonyl (C=O) groups excluding carboxylic acids is 2. The van der Waals surface area contributed by atoms with Crippen molar-refractivity contribution in [3.63, 3.8) is 0 Å². The van der Waals surface area contributed by atoms with Crippen LogP contribution < -0.4 is 10.2 Å². The molecule has 128 valence electrons. The van der Waals surface area contributed by atoms with Crippen molar-refractivity contribution in [2.24, 2.45) is 0 Å². The van der Waals surface area contributed by atoms with Gasteiger partial charge in [-0.1, -0.05) is 17.0 Å². The van der Waals surface area contributed by atoms with Gasteiger partial charge < -0.3 is 14.7 Å². The van der Waals surface area contributed by atoms with Gasteiger partial charge in [-0.25, -0.2) is 0 Å². The average molecular weight is 337 g/mol. The Balaban J connectivity index is 1.54. The SMILES string of the molecule is Cc1cc(C(=O)NCC#Cc2ccc(N3CCCCC3=O)cc2)no1. The van der Waals surface area contributed by atoms with Crippen LogP contribution in [0.15, 0.2) is 34.9 Å². The summed E-state index contributed by atoms with van der Waals surface area (Å²) in [6.07, 6.45) is 2.63. The fourth-order valence-electron chi connectivity index (χ4n) is 2.64. The topological polar surface area (TPSA) is 75.4 Å². The molecule has 0 unspecified atom stereocenters. The molecule has 3 rings (SSSR count). The molecule has 2 aromatic rings. The molecule has 0 aliphatic carbocycles. The number of nitrogens with one attached hydrogen (secondary N) is 1. The molecule has 6 heteroatoms. The second-order valence-electron chi connectivity index (χ2n) is 5.86. The van der Waals surface area contributed by atoms with Crippen molar-refractivity contribution < 1.29 is 14.1 Å². The Morgan fingerprint density at radius 2 is 2.12 bits per heavy atom. The maximum Gasteiger partial charge on any atom is 0.274 e. The van der Waals surface area contributed by atoms with Gasteiger partial charge in [-0.2, -0.15) is 0 Å². The van der Waals surface area contributed by atoms with Crippen molar-refractivity contribution in [1.82, 2.24) is 10.5 Å². The summed E-state index contributed by atoms with van der Waals surface area (Å²) in [7, 11) is 0. The largest absolute Gasteiger partial charge is 0.361 e. The lowest BCUT2D eigenvalue weighted by molar-refractivity contribution is -0.119. The molecule has 0 atom stereocenters. The summed E-state index contributed by atoms with van der Waals surface area (Å²) in [5.74, 6) is 6.33. The van der Waals surface area contributed by atoms with Gasteiger partial charge in [0.25, 0.3) is 5.91 Å². The van der Waals surface area contributed by atoms with Gasteiger partial charge in [-0.15, -0.1) is 0 Å². The number of carbonyl (C=O) groups is 2. The van der Waals surface area contributed by atoms with E-state index < -0.39 is 0 Å². The lowest BCUT2D eigenvalue weighted by Crippen LogP contribution is -2.35. The molecule has 1 saturated heterocycles. The van der Waals surface area contributed by atoms with E-state index in [0.717, 1.165) is 30.6 Å². The fourth-order valence-corrected chi connectivity index (χ4v) is 2.64. The van der Waals surface area contributed by atoms with Gasteiger partial charge in [0.2, 0.25) is 5.91 Å². The van der Waals surface area contributed by atoms with Crippen LogP contribution in [0.3, 0.4) is 0 Å². The Kier molecular flexibility index (Phi) is 5.14. The molecule has 0 saturated carbocycles. The Labute approximate surface area is 146 Å². The molecule has 1 fully saturated rings. The molecule has 6 nitrogen and oxygen atoms in total. The molecule has 1 aliphatic rings. The van der Waals surface area contributed by atoms with Gasteiger partial charge >= 0.3 is 0 Å². The van der Waals surface area contributed by atoms with E-state index >= 15 is 0 Å². The van der Waals surface area contributed by atoms with Gasteiger partial charge in [0.1, 0.15) is 5.76 Å². The third-order valence-electron chi connectivity index (χ3n) is 3.93. The molecule has 0 radical (unpaired) electrons. The number of benzene rings is 1. The number of rotatable bonds is 3. The van der Waals surface area contributed by atoms with E-state index in [1.807, 2.05) is 29.2 Å². The van der Waals surface area contributed by atoms with Crippen LogP contribution in [0, 0.1) is 18.8 Å². The van der Waals surface area contributed by atoms with Crippen LogP contribution in [0.5, 0.6) is 0 Å². The standard InChI is InChI=1S/C19H19N3O3/c1-14-13-17(21-25-14)19(24)20-11-4-5-15-7-9-16(10-8-15)22-12-3-2-6-18(22)23/h7-10,13H,2-3,6,11-12H2,1H3,(H,20,24). The molecule has 1 aliphatic heterocycles. The monoisotopic (exact) mass is 337 g/mol. The normalized spacial score (nSPS) is 14.0. The minimum Gasteiger partial charge on any atom is -0.361 e. The van der Waals surface area contributed by atoms with Crippen LogP contribution in [0.2, 0.25) is 0 Å². The van der Waals surface area contributed by atoms with E-state index in [0.29, 0.717) is 12.2 Å². The zero-order valence-corrected chi connectivity index (χ0v) is 14.0. The van der Waals surface area contributed by atoms with E-state index in [1.54, 1.807) is 13.0 Å². The van der Waals surface area contributed by atoms with Crippen LogP contribution in [0.25, 0.3) is 0 Å². The predicted molar refractivity (Wildman–Crippen MR) is 93.1 cm³/mol. The highest BCUT2D eigenvalue weighted by Crippen LogP contribution is 2.20. The van der Waals surface area contributed by atoms with E-state index in [2.05, 4.69) is 22.3 Å². The Bertz CT molecular complexity index is 828. The summed E-state index contributed by atoms with van der Waals surface area (Å²) in [5.41, 5.74) is 1.99. The van der Waals surface area contributed by atoms with E-state index in [1.165, 1.54) is 0 Å². The molecule has 0 bridgehead atoms. The first-order valence-electron chi connectivity index (χ1n) is 8.24. The highest BCUT2D eigenvalue weighted by molar-refractivity contribution is 5.94. The summed E-state index contributed by atoms with van der Waals surface area (Å²) in [6.45, 7) is 2.72. The zero-order valence-electron chi connectivity index (χ0n) is 14.0. The summed E-state index contributed by atoms with van der Waals surface area (Å²) < 4.78 is 4.86. The van der Waals surface area contributed by atoms with Crippen LogP contribution >= 0.6 is 0 Å². The molecule has 1 N–H and O–H groups in total. The lowest BCUT2D eigenvalue weighted by atomic mass is 10.1.